The van der Waals surface area contributed by atoms with Crippen molar-refractivity contribution < 1.29 is 24.2 Å². The van der Waals surface area contributed by atoms with Crippen LogP contribution in [0.15, 0.2) is 97.2 Å². The largest absolute Gasteiger partial charge is 0.480 e. The second-order valence-corrected chi connectivity index (χ2v) is 12.4. The lowest BCUT2D eigenvalue weighted by atomic mass is 10.1. The van der Waals surface area contributed by atoms with Gasteiger partial charge in [-0.25, -0.2) is 0 Å². The number of carboxylic acid groups (broad SMARTS) is 1. The second kappa shape index (κ2) is 38.1. The number of amides is 1. The summed E-state index contributed by atoms with van der Waals surface area (Å²) in [7, 11) is 0. The summed E-state index contributed by atoms with van der Waals surface area (Å²) in [6, 6.07) is 0. The normalized spacial score (nSPS) is 13.2. The van der Waals surface area contributed by atoms with E-state index in [1.807, 2.05) is 24.3 Å². The Bertz CT molecular complexity index is 1080. The van der Waals surface area contributed by atoms with E-state index in [0.29, 0.717) is 19.3 Å². The van der Waals surface area contributed by atoms with Crippen LogP contribution in [0, 0.1) is 0 Å². The number of hydrogen-bond donors (Lipinski definition) is 2. The first-order chi connectivity index (χ1) is 24.5. The van der Waals surface area contributed by atoms with Gasteiger partial charge < -0.3 is 15.2 Å². The van der Waals surface area contributed by atoms with Gasteiger partial charge in [-0.15, -0.1) is 0 Å². The summed E-state index contributed by atoms with van der Waals surface area (Å²) < 4.78 is 5.76. The van der Waals surface area contributed by atoms with Crippen LogP contribution in [0.25, 0.3) is 0 Å². The summed E-state index contributed by atoms with van der Waals surface area (Å²) >= 11 is 0. The van der Waals surface area contributed by atoms with Crippen LogP contribution in [0.3, 0.4) is 0 Å². The molecule has 0 aliphatic heterocycles. The molecule has 0 heterocycles. The van der Waals surface area contributed by atoms with Crippen molar-refractivity contribution in [2.75, 3.05) is 6.54 Å². The number of unbranched alkanes of at least 4 members (excludes halogenated alkanes) is 10. The van der Waals surface area contributed by atoms with E-state index in [0.717, 1.165) is 89.9 Å². The van der Waals surface area contributed by atoms with Crippen molar-refractivity contribution in [3.63, 3.8) is 0 Å². The molecule has 0 bridgehead atoms. The van der Waals surface area contributed by atoms with Gasteiger partial charge in [0.05, 0.1) is 0 Å². The fraction of sp³-hybridized carbons (Fsp3) is 0.568. The third-order valence-corrected chi connectivity index (χ3v) is 7.71. The number of carboxylic acids is 1. The van der Waals surface area contributed by atoms with E-state index in [-0.39, 0.29) is 24.5 Å². The van der Waals surface area contributed by atoms with E-state index in [4.69, 9.17) is 9.84 Å². The highest BCUT2D eigenvalue weighted by atomic mass is 16.5. The van der Waals surface area contributed by atoms with E-state index in [2.05, 4.69) is 92.1 Å². The standard InChI is InChI=1S/C44H69NO5/c1-3-5-7-9-10-11-12-13-14-15-16-17-18-19-20-21-22-23-24-25-26-31-35-39-44(49)50-41(36-32-28-8-6-4-2)37-33-29-27-30-34-38-42(46)45-40-43(47)48/h5-8,10-11,13-14,16-17,19-20,32-33,36-37,41H,3-4,9,12,15,18,21-31,34-35,38-40H2,1-2H3,(H,45,46)(H,47,48)/b7-5-,8-6-,11-10-,14-13-,17-16-,20-19-,36-32-,37-33-. The number of nitrogens with one attached hydrogen (secondary N) is 1. The summed E-state index contributed by atoms with van der Waals surface area (Å²) in [5.74, 6) is -1.42. The third kappa shape index (κ3) is 37.2. The molecule has 1 atom stereocenters. The minimum atomic E-state index is -1.04. The molecule has 0 saturated heterocycles. The summed E-state index contributed by atoms with van der Waals surface area (Å²) in [6.07, 6.45) is 54.4. The molecule has 0 aromatic carbocycles. The lowest BCUT2D eigenvalue weighted by Gasteiger charge is -2.11. The molecule has 50 heavy (non-hydrogen) atoms. The number of rotatable bonds is 33. The van der Waals surface area contributed by atoms with Crippen LogP contribution in [0.5, 0.6) is 0 Å². The first-order valence-corrected chi connectivity index (χ1v) is 19.4. The van der Waals surface area contributed by atoms with Crippen LogP contribution in [0.2, 0.25) is 0 Å². The molecule has 0 aliphatic carbocycles. The van der Waals surface area contributed by atoms with Gasteiger partial charge in [0.2, 0.25) is 5.91 Å². The Hall–Kier alpha value is -3.67. The van der Waals surface area contributed by atoms with Gasteiger partial charge in [-0.1, -0.05) is 137 Å². The Kier molecular flexibility index (Phi) is 35.3. The van der Waals surface area contributed by atoms with Crippen molar-refractivity contribution in [1.29, 1.82) is 0 Å². The Balaban J connectivity index is 4.02. The molecule has 0 rings (SSSR count). The molecular weight excluding hydrogens is 622 g/mol. The number of aliphatic carboxylic acids is 1. The Labute approximate surface area is 305 Å². The van der Waals surface area contributed by atoms with Crippen molar-refractivity contribution >= 4 is 17.8 Å². The Morgan fingerprint density at radius 1 is 0.520 bits per heavy atom. The van der Waals surface area contributed by atoms with E-state index >= 15 is 0 Å². The zero-order valence-corrected chi connectivity index (χ0v) is 31.5. The average molecular weight is 692 g/mol. The minimum Gasteiger partial charge on any atom is -0.480 e. The number of esters is 1. The fourth-order valence-corrected chi connectivity index (χ4v) is 4.91. The van der Waals surface area contributed by atoms with Crippen molar-refractivity contribution in [1.82, 2.24) is 5.32 Å². The Morgan fingerprint density at radius 2 is 0.940 bits per heavy atom. The first kappa shape index (κ1) is 46.3. The highest BCUT2D eigenvalue weighted by molar-refractivity contribution is 5.80. The molecule has 2 N–H and O–H groups in total. The van der Waals surface area contributed by atoms with Crippen LogP contribution in [0.1, 0.15) is 149 Å². The van der Waals surface area contributed by atoms with Crippen LogP contribution < -0.4 is 5.32 Å². The summed E-state index contributed by atoms with van der Waals surface area (Å²) in [4.78, 5) is 34.7. The van der Waals surface area contributed by atoms with Gasteiger partial charge in [0.1, 0.15) is 12.6 Å². The third-order valence-electron chi connectivity index (χ3n) is 7.71. The highest BCUT2D eigenvalue weighted by Gasteiger charge is 2.09. The minimum absolute atomic E-state index is 0.155. The number of carbonyl (C=O) groups excluding carboxylic acids is 2. The van der Waals surface area contributed by atoms with Crippen LogP contribution in [-0.2, 0) is 19.1 Å². The zero-order chi connectivity index (χ0) is 36.6. The van der Waals surface area contributed by atoms with E-state index < -0.39 is 5.97 Å². The van der Waals surface area contributed by atoms with Crippen molar-refractivity contribution in [2.45, 2.75) is 155 Å². The zero-order valence-electron chi connectivity index (χ0n) is 31.5. The molecule has 0 aliphatic rings. The number of carbonyl (C=O) groups is 3. The van der Waals surface area contributed by atoms with Gasteiger partial charge in [0.15, 0.2) is 0 Å². The van der Waals surface area contributed by atoms with E-state index in [1.165, 1.54) is 25.7 Å². The van der Waals surface area contributed by atoms with E-state index in [1.54, 1.807) is 0 Å². The van der Waals surface area contributed by atoms with Gasteiger partial charge in [0.25, 0.3) is 0 Å². The first-order valence-electron chi connectivity index (χ1n) is 19.4. The molecule has 6 nitrogen and oxygen atoms in total. The molecule has 6 heteroatoms. The molecule has 0 radical (unpaired) electrons. The molecule has 1 unspecified atom stereocenters. The Morgan fingerprint density at radius 3 is 1.50 bits per heavy atom. The molecule has 1 amide bonds. The predicted octanol–water partition coefficient (Wildman–Crippen LogP) is 11.8. The maximum absolute atomic E-state index is 12.5. The topological polar surface area (TPSA) is 92.7 Å². The van der Waals surface area contributed by atoms with E-state index in [9.17, 15) is 14.4 Å². The fourth-order valence-electron chi connectivity index (χ4n) is 4.91. The number of hydrogen-bond acceptors (Lipinski definition) is 4. The molecule has 0 saturated carbocycles. The number of allylic oxidation sites excluding steroid dienone is 14. The van der Waals surface area contributed by atoms with Crippen molar-refractivity contribution in [3.05, 3.63) is 97.2 Å². The molecule has 0 aromatic rings. The van der Waals surface area contributed by atoms with Crippen molar-refractivity contribution in [2.24, 2.45) is 0 Å². The molecular formula is C44H69NO5. The van der Waals surface area contributed by atoms with Crippen LogP contribution in [-0.4, -0.2) is 35.6 Å². The summed E-state index contributed by atoms with van der Waals surface area (Å²) in [5, 5.41) is 11.0. The molecule has 280 valence electrons. The maximum atomic E-state index is 12.5. The summed E-state index contributed by atoms with van der Waals surface area (Å²) in [6.45, 7) is 3.92. The lowest BCUT2D eigenvalue weighted by molar-refractivity contribution is -0.145. The van der Waals surface area contributed by atoms with Gasteiger partial charge in [0, 0.05) is 12.8 Å². The predicted molar refractivity (Wildman–Crippen MR) is 212 cm³/mol. The number of ether oxygens (including phenoxy) is 1. The average Bonchev–Trinajstić information content (AvgIpc) is 3.10. The summed E-state index contributed by atoms with van der Waals surface area (Å²) in [5.41, 5.74) is 0. The maximum Gasteiger partial charge on any atom is 0.322 e. The molecule has 0 spiro atoms. The smallest absolute Gasteiger partial charge is 0.322 e. The van der Waals surface area contributed by atoms with Gasteiger partial charge in [-0.05, 0) is 95.6 Å². The molecule has 0 aromatic heterocycles. The monoisotopic (exact) mass is 692 g/mol. The highest BCUT2D eigenvalue weighted by Crippen LogP contribution is 2.12. The quantitative estimate of drug-likeness (QED) is 0.0406. The van der Waals surface area contributed by atoms with Gasteiger partial charge in [-0.2, -0.15) is 0 Å². The van der Waals surface area contributed by atoms with Crippen LogP contribution >= 0.6 is 0 Å². The SMILES string of the molecule is CC/C=C\C/C=C\C/C=C\C/C=C\C/C=C\CCCCCCCCCC(=O)OC(/C=C\C/C=C\CC)/C=C\CCCCCC(=O)NCC(=O)O. The van der Waals surface area contributed by atoms with Gasteiger partial charge in [-0.3, -0.25) is 14.4 Å². The second-order valence-electron chi connectivity index (χ2n) is 12.4. The van der Waals surface area contributed by atoms with Crippen LogP contribution in [0.4, 0.5) is 0 Å². The lowest BCUT2D eigenvalue weighted by Crippen LogP contribution is -2.28. The van der Waals surface area contributed by atoms with Gasteiger partial charge >= 0.3 is 11.9 Å². The van der Waals surface area contributed by atoms with Crippen molar-refractivity contribution in [3.8, 4) is 0 Å². The molecule has 0 fully saturated rings.